The van der Waals surface area contributed by atoms with Crippen LogP contribution in [0, 0.1) is 35.5 Å². The van der Waals surface area contributed by atoms with Gasteiger partial charge < -0.3 is 15.3 Å². The molecular weight excluding hydrogens is 977 g/mol. The largest absolute Gasteiger partial charge is 0.390 e. The Labute approximate surface area is 411 Å². The van der Waals surface area contributed by atoms with E-state index in [0.29, 0.717) is 6.42 Å². The molecule has 68 heavy (non-hydrogen) atoms. The standard InChI is InChI=1S/C39H68N10O15S4/c50-36-25-8-3-21(40-37-41-38(51)43-39(52)42-37)15-19(25)16-34(68-64-60-56)35(36)49-48-31-12-14-33(29-18-24(67-63-59-55)7-10-27(29)31)47-46-30-11-13-32(28-17-23(66-62-58-54)6-9-26(28)30)45-44-20-1-4-22(5-2-20)65-61-57-53/h19-43,50-56H,1-18H2. The number of rotatable bonds is 20. The van der Waals surface area contributed by atoms with Gasteiger partial charge in [0, 0.05) is 70.0 Å². The Hall–Kier alpha value is -0.560. The van der Waals surface area contributed by atoms with Crippen LogP contribution in [0.25, 0.3) is 0 Å². The van der Waals surface area contributed by atoms with Crippen LogP contribution in [0.4, 0.5) is 0 Å². The molecule has 1 aliphatic heterocycles. The fourth-order valence-electron chi connectivity index (χ4n) is 12.8. The van der Waals surface area contributed by atoms with E-state index in [1.807, 2.05) is 0 Å². The summed E-state index contributed by atoms with van der Waals surface area (Å²) in [5, 5.41) is 125. The van der Waals surface area contributed by atoms with Gasteiger partial charge >= 0.3 is 0 Å². The minimum Gasteiger partial charge on any atom is -0.390 e. The maximum absolute atomic E-state index is 11.9. The Kier molecular flexibility index (Phi) is 21.4. The Bertz CT molecular complexity index is 1600. The van der Waals surface area contributed by atoms with Crippen LogP contribution in [-0.4, -0.2) is 125 Å². The highest BCUT2D eigenvalue weighted by Gasteiger charge is 2.50. The summed E-state index contributed by atoms with van der Waals surface area (Å²) >= 11 is 4.32. The first kappa shape index (κ1) is 53.7. The van der Waals surface area contributed by atoms with E-state index in [2.05, 4.69) is 45.8 Å². The number of nitrogens with one attached hydrogen (secondary N) is 4. The predicted octanol–water partition coefficient (Wildman–Crippen LogP) is 6.06. The Morgan fingerprint density at radius 2 is 0.897 bits per heavy atom. The van der Waals surface area contributed by atoms with Gasteiger partial charge in [-0.1, -0.05) is 20.2 Å². The average molecular weight is 1050 g/mol. The lowest BCUT2D eigenvalue weighted by Crippen LogP contribution is -2.72. The smallest absolute Gasteiger partial charge is 0.165 e. The average Bonchev–Trinajstić information content (AvgIpc) is 3.34. The van der Waals surface area contributed by atoms with Gasteiger partial charge in [0.2, 0.25) is 0 Å². The maximum atomic E-state index is 11.9. The van der Waals surface area contributed by atoms with Crippen molar-refractivity contribution >= 4 is 48.2 Å². The van der Waals surface area contributed by atoms with Crippen molar-refractivity contribution in [2.24, 2.45) is 66.2 Å². The molecule has 0 amide bonds. The molecule has 18 atom stereocenters. The lowest BCUT2D eigenvalue weighted by atomic mass is 9.66. The van der Waals surface area contributed by atoms with Crippen LogP contribution >= 0.6 is 48.2 Å². The van der Waals surface area contributed by atoms with Gasteiger partial charge in [-0.2, -0.15) is 30.7 Å². The summed E-state index contributed by atoms with van der Waals surface area (Å²) < 4.78 is 19.5. The van der Waals surface area contributed by atoms with E-state index in [-0.39, 0.29) is 92.8 Å². The molecule has 0 radical (unpaired) electrons. The molecule has 8 rings (SSSR count). The van der Waals surface area contributed by atoms with Crippen molar-refractivity contribution in [1.29, 1.82) is 0 Å². The van der Waals surface area contributed by atoms with Crippen LogP contribution in [0.3, 0.4) is 0 Å². The van der Waals surface area contributed by atoms with Crippen LogP contribution < -0.4 is 21.3 Å². The minimum atomic E-state index is -1.08. The quantitative estimate of drug-likeness (QED) is 0.0286. The number of aliphatic hydroxyl groups is 3. The van der Waals surface area contributed by atoms with Crippen molar-refractivity contribution < 1.29 is 73.8 Å². The van der Waals surface area contributed by atoms with E-state index in [9.17, 15) is 15.3 Å². The molecule has 0 spiro atoms. The number of aliphatic hydroxyl groups excluding tert-OH is 3. The fourth-order valence-corrected chi connectivity index (χ4v) is 15.6. The van der Waals surface area contributed by atoms with E-state index >= 15 is 0 Å². The van der Waals surface area contributed by atoms with Crippen LogP contribution in [0.2, 0.25) is 0 Å². The Morgan fingerprint density at radius 3 is 1.46 bits per heavy atom. The molecule has 0 bridgehead atoms. The van der Waals surface area contributed by atoms with Crippen LogP contribution in [0.5, 0.6) is 0 Å². The summed E-state index contributed by atoms with van der Waals surface area (Å²) in [6.07, 6.45) is 11.1. The molecule has 0 aromatic heterocycles. The third kappa shape index (κ3) is 14.4. The summed E-state index contributed by atoms with van der Waals surface area (Å²) in [4.78, 5) is 0. The number of nitrogens with zero attached hydrogens (tertiary/aromatic N) is 6. The molecule has 8 fully saturated rings. The van der Waals surface area contributed by atoms with E-state index in [1.165, 1.54) is 0 Å². The first-order chi connectivity index (χ1) is 33.2. The molecule has 18 unspecified atom stereocenters. The molecule has 1 saturated heterocycles. The van der Waals surface area contributed by atoms with E-state index in [4.69, 9.17) is 64.7 Å². The number of fused-ring (bicyclic) bond motifs is 3. The van der Waals surface area contributed by atoms with Crippen molar-refractivity contribution in [3.63, 3.8) is 0 Å². The third-order valence-corrected chi connectivity index (χ3v) is 19.4. The third-order valence-electron chi connectivity index (χ3n) is 16.0. The zero-order chi connectivity index (χ0) is 47.4. The SMILES string of the molecule is OOOSC1CCC(N=NC2CCC(N=NC3CCC(N=NC4C(SOOO)CC5CC(NC6NC(O)NC(O)N6)CCC5C4O)C4CCC(SOOO)CC34)C3CCC(SOOO)CC23)CC1. The van der Waals surface area contributed by atoms with Crippen LogP contribution in [0.1, 0.15) is 116 Å². The lowest BCUT2D eigenvalue weighted by molar-refractivity contribution is -0.432. The first-order valence-corrected chi connectivity index (χ1v) is 27.3. The zero-order valence-corrected chi connectivity index (χ0v) is 40.8. The van der Waals surface area contributed by atoms with Crippen LogP contribution in [0.15, 0.2) is 30.7 Å². The minimum absolute atomic E-state index is 0.0186. The van der Waals surface area contributed by atoms with Gasteiger partial charge in [0.15, 0.2) is 12.7 Å². The van der Waals surface area contributed by atoms with Gasteiger partial charge in [-0.15, -0.1) is 17.3 Å². The van der Waals surface area contributed by atoms with Gasteiger partial charge in [0.1, 0.15) is 12.3 Å². The van der Waals surface area contributed by atoms with Gasteiger partial charge in [-0.3, -0.25) is 16.0 Å². The summed E-state index contributed by atoms with van der Waals surface area (Å²) in [6, 6.07) is -0.549. The molecule has 25 nitrogen and oxygen atoms in total. The van der Waals surface area contributed by atoms with Crippen molar-refractivity contribution in [3.05, 3.63) is 0 Å². The molecule has 388 valence electrons. The predicted molar refractivity (Wildman–Crippen MR) is 244 cm³/mol. The molecule has 7 aliphatic carbocycles. The monoisotopic (exact) mass is 1040 g/mol. The molecule has 0 aromatic carbocycles. The number of hydrogen-bond acceptors (Lipinski definition) is 29. The number of hydrogen-bond donors (Lipinski definition) is 11. The highest BCUT2D eigenvalue weighted by molar-refractivity contribution is 7.95. The molecule has 1 heterocycles. The second-order valence-corrected chi connectivity index (χ2v) is 23.5. The van der Waals surface area contributed by atoms with Gasteiger partial charge in [0.25, 0.3) is 0 Å². The van der Waals surface area contributed by atoms with Gasteiger partial charge in [0.05, 0.1) is 41.6 Å². The van der Waals surface area contributed by atoms with Crippen molar-refractivity contribution in [2.45, 2.75) is 204 Å². The lowest BCUT2D eigenvalue weighted by Gasteiger charge is -2.48. The van der Waals surface area contributed by atoms with Crippen LogP contribution in [-0.2, 0) is 37.5 Å². The van der Waals surface area contributed by atoms with Crippen molar-refractivity contribution in [3.8, 4) is 0 Å². The second kappa shape index (κ2) is 27.1. The Morgan fingerprint density at radius 1 is 0.426 bits per heavy atom. The van der Waals surface area contributed by atoms with E-state index in [1.54, 1.807) is 0 Å². The van der Waals surface area contributed by atoms with E-state index < -0.39 is 31.1 Å². The highest BCUT2D eigenvalue weighted by Crippen LogP contribution is 2.50. The summed E-state index contributed by atoms with van der Waals surface area (Å²) in [5.74, 6) is 0.775. The molecule has 11 N–H and O–H groups in total. The number of azo groups is 3. The van der Waals surface area contributed by atoms with E-state index in [0.717, 1.165) is 157 Å². The molecule has 29 heteroatoms. The maximum Gasteiger partial charge on any atom is 0.165 e. The first-order valence-electron chi connectivity index (χ1n) is 24.1. The van der Waals surface area contributed by atoms with Gasteiger partial charge in [-0.05, 0) is 151 Å². The Balaban J connectivity index is 0.920. The molecule has 7 saturated carbocycles. The summed E-state index contributed by atoms with van der Waals surface area (Å²) in [7, 11) is 0. The van der Waals surface area contributed by atoms with Gasteiger partial charge in [-0.25, -0.2) is 26.3 Å². The van der Waals surface area contributed by atoms with Crippen molar-refractivity contribution in [1.82, 2.24) is 21.3 Å². The fraction of sp³-hybridized carbons (Fsp3) is 1.00. The molecule has 0 aromatic rings. The normalized spacial score (nSPS) is 44.8. The molecule has 8 aliphatic rings. The van der Waals surface area contributed by atoms with Crippen molar-refractivity contribution in [2.75, 3.05) is 0 Å². The summed E-state index contributed by atoms with van der Waals surface area (Å²) in [5.41, 5.74) is 0. The second-order valence-electron chi connectivity index (χ2n) is 19.6. The highest BCUT2D eigenvalue weighted by atomic mass is 32.2. The topological polar surface area (TPSA) is 338 Å². The molecular formula is C39H68N10O15S4. The summed E-state index contributed by atoms with van der Waals surface area (Å²) in [6.45, 7) is 0. The zero-order valence-electron chi connectivity index (χ0n) is 37.6.